The Bertz CT molecular complexity index is 433. The molecule has 112 valence electrons. The fourth-order valence-corrected chi connectivity index (χ4v) is 2.77. The van der Waals surface area contributed by atoms with Crippen molar-refractivity contribution in [2.75, 3.05) is 13.2 Å². The molecule has 1 N–H and O–H groups in total. The highest BCUT2D eigenvalue weighted by atomic mass is 16.2. The van der Waals surface area contributed by atoms with Crippen LogP contribution in [0, 0.1) is 0 Å². The number of aryl methyl sites for hydroxylation is 1. The van der Waals surface area contributed by atoms with Gasteiger partial charge in [0.05, 0.1) is 5.69 Å². The van der Waals surface area contributed by atoms with Crippen molar-refractivity contribution in [3.8, 4) is 0 Å². The summed E-state index contributed by atoms with van der Waals surface area (Å²) in [5.41, 5.74) is 0.831. The Labute approximate surface area is 119 Å². The van der Waals surface area contributed by atoms with Crippen molar-refractivity contribution in [2.24, 2.45) is 0 Å². The Kier molecular flexibility index (Phi) is 5.52. The maximum atomic E-state index is 12.4. The third-order valence-corrected chi connectivity index (χ3v) is 3.89. The van der Waals surface area contributed by atoms with E-state index in [1.54, 1.807) is 10.9 Å². The molecule has 0 aromatic carbocycles. The molecule has 0 aliphatic carbocycles. The van der Waals surface area contributed by atoms with Crippen LogP contribution >= 0.6 is 0 Å². The molecule has 0 radical (unpaired) electrons. The van der Waals surface area contributed by atoms with Crippen LogP contribution in [0.2, 0.25) is 0 Å². The molecule has 2 heterocycles. The second-order valence-electron chi connectivity index (χ2n) is 5.38. The molecular formula is C14H24N4O2. The van der Waals surface area contributed by atoms with Crippen molar-refractivity contribution >= 4 is 5.91 Å². The summed E-state index contributed by atoms with van der Waals surface area (Å²) in [6.07, 6.45) is 7.63. The van der Waals surface area contributed by atoms with Gasteiger partial charge in [0.2, 0.25) is 5.91 Å². The molecule has 1 aliphatic heterocycles. The topological polar surface area (TPSA) is 71.2 Å². The van der Waals surface area contributed by atoms with Crippen molar-refractivity contribution in [2.45, 2.75) is 58.0 Å². The molecule has 6 nitrogen and oxygen atoms in total. The monoisotopic (exact) mass is 280 g/mol. The third-order valence-electron chi connectivity index (χ3n) is 3.89. The number of hydrogen-bond donors (Lipinski definition) is 1. The van der Waals surface area contributed by atoms with Gasteiger partial charge in [-0.1, -0.05) is 12.1 Å². The second-order valence-corrected chi connectivity index (χ2v) is 5.38. The molecule has 2 rings (SSSR count). The number of carbonyl (C=O) groups excluding carboxylic acids is 1. The van der Waals surface area contributed by atoms with E-state index in [0.717, 1.165) is 31.5 Å². The van der Waals surface area contributed by atoms with E-state index in [1.807, 2.05) is 4.90 Å². The van der Waals surface area contributed by atoms with Crippen LogP contribution in [0.3, 0.4) is 0 Å². The largest absolute Gasteiger partial charge is 0.396 e. The van der Waals surface area contributed by atoms with E-state index in [1.165, 1.54) is 6.42 Å². The first-order valence-corrected chi connectivity index (χ1v) is 7.54. The lowest BCUT2D eigenvalue weighted by molar-refractivity contribution is -0.135. The molecule has 1 aromatic rings. The molecule has 0 saturated carbocycles. The van der Waals surface area contributed by atoms with Gasteiger partial charge in [0.1, 0.15) is 6.54 Å². The van der Waals surface area contributed by atoms with Crippen molar-refractivity contribution in [1.29, 1.82) is 0 Å². The number of rotatable bonds is 6. The van der Waals surface area contributed by atoms with E-state index in [2.05, 4.69) is 17.2 Å². The molecule has 1 aromatic heterocycles. The summed E-state index contributed by atoms with van der Waals surface area (Å²) in [7, 11) is 0. The third kappa shape index (κ3) is 3.79. The standard InChI is InChI=1S/C14H24N4O2/c1-2-13-7-3-4-8-18(13)14(20)11-17-10-12(15-16-17)6-5-9-19/h10,13,19H,2-9,11H2,1H3. The predicted molar refractivity (Wildman–Crippen MR) is 75.1 cm³/mol. The van der Waals surface area contributed by atoms with Crippen LogP contribution in [0.1, 0.15) is 44.7 Å². The van der Waals surface area contributed by atoms with Gasteiger partial charge < -0.3 is 10.0 Å². The summed E-state index contributed by atoms with van der Waals surface area (Å²) in [5.74, 6) is 0.134. The number of carbonyl (C=O) groups is 1. The average molecular weight is 280 g/mol. The Morgan fingerprint density at radius 3 is 3.10 bits per heavy atom. The zero-order chi connectivity index (χ0) is 14.4. The van der Waals surface area contributed by atoms with Crippen LogP contribution in [0.4, 0.5) is 0 Å². The van der Waals surface area contributed by atoms with Gasteiger partial charge in [0, 0.05) is 25.4 Å². The molecular weight excluding hydrogens is 256 g/mol. The molecule has 0 bridgehead atoms. The molecule has 1 unspecified atom stereocenters. The quantitative estimate of drug-likeness (QED) is 0.843. The highest BCUT2D eigenvalue weighted by molar-refractivity contribution is 5.76. The Hall–Kier alpha value is -1.43. The fraction of sp³-hybridized carbons (Fsp3) is 0.786. The van der Waals surface area contributed by atoms with Gasteiger partial charge in [-0.05, 0) is 38.5 Å². The van der Waals surface area contributed by atoms with Crippen molar-refractivity contribution in [3.05, 3.63) is 11.9 Å². The highest BCUT2D eigenvalue weighted by Gasteiger charge is 2.25. The summed E-state index contributed by atoms with van der Waals surface area (Å²) in [4.78, 5) is 14.4. The average Bonchev–Trinajstić information content (AvgIpc) is 2.92. The zero-order valence-electron chi connectivity index (χ0n) is 12.2. The summed E-state index contributed by atoms with van der Waals surface area (Å²) in [6, 6.07) is 0.383. The van der Waals surface area contributed by atoms with Gasteiger partial charge in [0.15, 0.2) is 0 Å². The molecule has 6 heteroatoms. The molecule has 1 saturated heterocycles. The van der Waals surface area contributed by atoms with Gasteiger partial charge in [-0.25, -0.2) is 4.68 Å². The fourth-order valence-electron chi connectivity index (χ4n) is 2.77. The Morgan fingerprint density at radius 2 is 2.35 bits per heavy atom. The lowest BCUT2D eigenvalue weighted by Crippen LogP contribution is -2.44. The van der Waals surface area contributed by atoms with Crippen molar-refractivity contribution < 1.29 is 9.90 Å². The minimum atomic E-state index is 0.134. The zero-order valence-corrected chi connectivity index (χ0v) is 12.2. The first-order chi connectivity index (χ1) is 9.74. The van der Waals surface area contributed by atoms with E-state index in [9.17, 15) is 4.79 Å². The number of aliphatic hydroxyl groups is 1. The number of piperidine rings is 1. The summed E-state index contributed by atoms with van der Waals surface area (Å²) in [6.45, 7) is 3.42. The van der Waals surface area contributed by atoms with Crippen LogP contribution in [0.15, 0.2) is 6.20 Å². The van der Waals surface area contributed by atoms with Crippen LogP contribution < -0.4 is 0 Å². The number of aromatic nitrogens is 3. The van der Waals surface area contributed by atoms with E-state index in [0.29, 0.717) is 18.9 Å². The molecule has 1 atom stereocenters. The number of hydrogen-bond acceptors (Lipinski definition) is 4. The van der Waals surface area contributed by atoms with E-state index in [4.69, 9.17) is 5.11 Å². The molecule has 1 aliphatic rings. The van der Waals surface area contributed by atoms with Crippen LogP contribution in [0.25, 0.3) is 0 Å². The highest BCUT2D eigenvalue weighted by Crippen LogP contribution is 2.19. The minimum absolute atomic E-state index is 0.134. The van der Waals surface area contributed by atoms with Crippen LogP contribution in [-0.4, -0.2) is 50.1 Å². The lowest BCUT2D eigenvalue weighted by atomic mass is 10.00. The second kappa shape index (κ2) is 7.38. The van der Waals surface area contributed by atoms with Crippen LogP contribution in [0.5, 0.6) is 0 Å². The normalized spacial score (nSPS) is 19.3. The first kappa shape index (κ1) is 15.0. The Balaban J connectivity index is 1.91. The van der Waals surface area contributed by atoms with Crippen molar-refractivity contribution in [3.63, 3.8) is 0 Å². The van der Waals surface area contributed by atoms with Crippen LogP contribution in [-0.2, 0) is 17.8 Å². The maximum Gasteiger partial charge on any atom is 0.244 e. The minimum Gasteiger partial charge on any atom is -0.396 e. The van der Waals surface area contributed by atoms with Gasteiger partial charge in [-0.3, -0.25) is 4.79 Å². The molecule has 1 amide bonds. The lowest BCUT2D eigenvalue weighted by Gasteiger charge is -2.35. The maximum absolute atomic E-state index is 12.4. The van der Waals surface area contributed by atoms with Crippen molar-refractivity contribution in [1.82, 2.24) is 19.9 Å². The smallest absolute Gasteiger partial charge is 0.244 e. The van der Waals surface area contributed by atoms with E-state index < -0.39 is 0 Å². The SMILES string of the molecule is CCC1CCCCN1C(=O)Cn1cc(CCCO)nn1. The number of likely N-dealkylation sites (tertiary alicyclic amines) is 1. The van der Waals surface area contributed by atoms with E-state index in [-0.39, 0.29) is 19.1 Å². The Morgan fingerprint density at radius 1 is 1.50 bits per heavy atom. The van der Waals surface area contributed by atoms with Gasteiger partial charge in [0.25, 0.3) is 0 Å². The molecule has 0 spiro atoms. The number of amides is 1. The van der Waals surface area contributed by atoms with Gasteiger partial charge >= 0.3 is 0 Å². The summed E-state index contributed by atoms with van der Waals surface area (Å²) in [5, 5.41) is 16.8. The number of aliphatic hydroxyl groups excluding tert-OH is 1. The first-order valence-electron chi connectivity index (χ1n) is 7.54. The number of nitrogens with zero attached hydrogens (tertiary/aromatic N) is 4. The van der Waals surface area contributed by atoms with Gasteiger partial charge in [-0.2, -0.15) is 0 Å². The predicted octanol–water partition coefficient (Wildman–Crippen LogP) is 0.994. The summed E-state index contributed by atoms with van der Waals surface area (Å²) < 4.78 is 1.61. The summed E-state index contributed by atoms with van der Waals surface area (Å²) >= 11 is 0. The molecule has 1 fully saturated rings. The van der Waals surface area contributed by atoms with E-state index >= 15 is 0 Å². The molecule has 20 heavy (non-hydrogen) atoms. The van der Waals surface area contributed by atoms with Gasteiger partial charge in [-0.15, -0.1) is 5.10 Å².